The average molecular weight is 449 g/mol. The number of hydrogen-bond acceptors (Lipinski definition) is 3. The number of rotatable bonds is 4. The van der Waals surface area contributed by atoms with Gasteiger partial charge in [0.2, 0.25) is 5.95 Å². The Kier molecular flexibility index (Phi) is 5.88. The van der Waals surface area contributed by atoms with Crippen molar-refractivity contribution < 1.29 is 13.2 Å². The fourth-order valence-electron chi connectivity index (χ4n) is 2.46. The van der Waals surface area contributed by atoms with Crippen LogP contribution >= 0.6 is 34.8 Å². The number of alkyl halides is 3. The first-order valence-electron chi connectivity index (χ1n) is 7.81. The number of hydrogen-bond donors (Lipinski definition) is 1. The number of aromatic nitrogens is 2. The van der Waals surface area contributed by atoms with E-state index in [1.807, 2.05) is 0 Å². The Morgan fingerprint density at radius 2 is 1.57 bits per heavy atom. The maximum Gasteiger partial charge on any atom is 0.435 e. The molecule has 0 aliphatic rings. The van der Waals surface area contributed by atoms with Gasteiger partial charge in [0.1, 0.15) is 5.02 Å². The van der Waals surface area contributed by atoms with E-state index in [4.69, 9.17) is 34.8 Å². The van der Waals surface area contributed by atoms with E-state index in [1.165, 1.54) is 12.1 Å². The largest absolute Gasteiger partial charge is 0.435 e. The molecule has 28 heavy (non-hydrogen) atoms. The summed E-state index contributed by atoms with van der Waals surface area (Å²) in [4.78, 5) is 16.2. The first kappa shape index (κ1) is 20.5. The van der Waals surface area contributed by atoms with Crippen LogP contribution in [0.25, 0.3) is 0 Å². The van der Waals surface area contributed by atoms with Crippen LogP contribution in [0.2, 0.25) is 15.1 Å². The quantitative estimate of drug-likeness (QED) is 0.531. The summed E-state index contributed by atoms with van der Waals surface area (Å²) in [6.45, 7) is -0.0606. The molecule has 0 fully saturated rings. The van der Waals surface area contributed by atoms with E-state index in [9.17, 15) is 18.0 Å². The number of nitrogens with zero attached hydrogens (tertiary/aromatic N) is 2. The van der Waals surface area contributed by atoms with Crippen LogP contribution < -0.4 is 10.9 Å². The zero-order chi connectivity index (χ0) is 20.5. The van der Waals surface area contributed by atoms with Gasteiger partial charge >= 0.3 is 6.18 Å². The Morgan fingerprint density at radius 3 is 2.14 bits per heavy atom. The van der Waals surface area contributed by atoms with E-state index in [1.54, 1.807) is 36.4 Å². The van der Waals surface area contributed by atoms with Crippen molar-refractivity contribution in [2.45, 2.75) is 12.7 Å². The lowest BCUT2D eigenvalue weighted by molar-refractivity contribution is -0.141. The minimum absolute atomic E-state index is 0.0606. The van der Waals surface area contributed by atoms with E-state index < -0.39 is 22.5 Å². The molecule has 3 aromatic rings. The summed E-state index contributed by atoms with van der Waals surface area (Å²) < 4.78 is 40.9. The summed E-state index contributed by atoms with van der Waals surface area (Å²) >= 11 is 17.9. The summed E-state index contributed by atoms with van der Waals surface area (Å²) in [5.41, 5.74) is -1.75. The molecule has 1 N–H and O–H groups in total. The summed E-state index contributed by atoms with van der Waals surface area (Å²) in [6, 6.07) is 13.2. The molecule has 1 heterocycles. The second-order valence-electron chi connectivity index (χ2n) is 5.69. The third kappa shape index (κ3) is 4.27. The van der Waals surface area contributed by atoms with Crippen LogP contribution in [0.3, 0.4) is 0 Å². The molecular weight excluding hydrogens is 438 g/mol. The molecule has 146 valence electrons. The molecule has 3 rings (SSSR count). The van der Waals surface area contributed by atoms with E-state index in [2.05, 4.69) is 10.3 Å². The lowest BCUT2D eigenvalue weighted by atomic mass is 10.2. The molecular formula is C18H11Cl3F3N3O. The van der Waals surface area contributed by atoms with Crippen molar-refractivity contribution in [3.05, 3.63) is 85.2 Å². The Hall–Kier alpha value is -2.22. The van der Waals surface area contributed by atoms with Gasteiger partial charge in [-0.15, -0.1) is 0 Å². The topological polar surface area (TPSA) is 46.9 Å². The molecule has 0 bridgehead atoms. The fourth-order valence-corrected chi connectivity index (χ4v) is 3.20. The lowest BCUT2D eigenvalue weighted by Gasteiger charge is -2.18. The van der Waals surface area contributed by atoms with Crippen molar-refractivity contribution >= 4 is 46.4 Å². The van der Waals surface area contributed by atoms with Gasteiger partial charge in [0.15, 0.2) is 5.69 Å². The average Bonchev–Trinajstić information content (AvgIpc) is 2.63. The van der Waals surface area contributed by atoms with Gasteiger partial charge in [0.05, 0.1) is 22.3 Å². The molecule has 0 amide bonds. The van der Waals surface area contributed by atoms with Gasteiger partial charge in [0.25, 0.3) is 5.56 Å². The van der Waals surface area contributed by atoms with Crippen molar-refractivity contribution in [1.82, 2.24) is 9.55 Å². The van der Waals surface area contributed by atoms with Gasteiger partial charge < -0.3 is 5.32 Å². The minimum Gasteiger partial charge on any atom is -0.323 e. The smallest absolute Gasteiger partial charge is 0.323 e. The SMILES string of the molecule is O=c1c(Cl)c(C(F)(F)F)nc(Nc2c(Cl)cccc2Cl)n1Cc1ccccc1. The van der Waals surface area contributed by atoms with Gasteiger partial charge in [-0.3, -0.25) is 9.36 Å². The fraction of sp³-hybridized carbons (Fsp3) is 0.111. The van der Waals surface area contributed by atoms with Gasteiger partial charge in [0, 0.05) is 0 Å². The van der Waals surface area contributed by atoms with E-state index in [-0.39, 0.29) is 28.2 Å². The summed E-state index contributed by atoms with van der Waals surface area (Å²) in [5, 5.41) is 1.92. The Bertz CT molecular complexity index is 1050. The molecule has 1 aromatic heterocycles. The van der Waals surface area contributed by atoms with Gasteiger partial charge in [-0.25, -0.2) is 4.98 Å². The zero-order valence-corrected chi connectivity index (χ0v) is 16.2. The highest BCUT2D eigenvalue weighted by atomic mass is 35.5. The van der Waals surface area contributed by atoms with Gasteiger partial charge in [-0.05, 0) is 17.7 Å². The minimum atomic E-state index is -4.91. The predicted molar refractivity (Wildman–Crippen MR) is 104 cm³/mol. The molecule has 0 saturated carbocycles. The van der Waals surface area contributed by atoms with Gasteiger partial charge in [-0.2, -0.15) is 13.2 Å². The molecule has 0 unspecified atom stereocenters. The third-order valence-corrected chi connectivity index (χ3v) is 4.74. The first-order chi connectivity index (χ1) is 13.2. The zero-order valence-electron chi connectivity index (χ0n) is 13.9. The highest BCUT2D eigenvalue weighted by molar-refractivity contribution is 6.39. The molecule has 0 atom stereocenters. The van der Waals surface area contributed by atoms with Crippen LogP contribution in [-0.2, 0) is 12.7 Å². The number of halogens is 6. The number of anilines is 2. The highest BCUT2D eigenvalue weighted by Crippen LogP contribution is 2.35. The monoisotopic (exact) mass is 447 g/mol. The van der Waals surface area contributed by atoms with E-state index in [0.29, 0.717) is 5.56 Å². The normalized spacial score (nSPS) is 11.5. The molecule has 2 aromatic carbocycles. The summed E-state index contributed by atoms with van der Waals surface area (Å²) in [6.07, 6.45) is -4.91. The molecule has 0 radical (unpaired) electrons. The summed E-state index contributed by atoms with van der Waals surface area (Å²) in [5.74, 6) is -0.388. The third-order valence-electron chi connectivity index (χ3n) is 3.77. The Morgan fingerprint density at radius 1 is 0.964 bits per heavy atom. The lowest BCUT2D eigenvalue weighted by Crippen LogP contribution is -2.29. The molecule has 0 saturated heterocycles. The second-order valence-corrected chi connectivity index (χ2v) is 6.89. The van der Waals surface area contributed by atoms with Crippen molar-refractivity contribution in [3.63, 3.8) is 0 Å². The standard InChI is InChI=1S/C18H11Cl3F3N3O/c19-11-7-4-8-12(20)14(11)25-17-26-15(18(22,23)24)13(21)16(28)27(17)9-10-5-2-1-3-6-10/h1-8H,9H2,(H,25,26). The van der Waals surface area contributed by atoms with Crippen LogP contribution in [-0.4, -0.2) is 9.55 Å². The van der Waals surface area contributed by atoms with Crippen LogP contribution in [0.15, 0.2) is 53.3 Å². The molecule has 0 spiro atoms. The molecule has 4 nitrogen and oxygen atoms in total. The predicted octanol–water partition coefficient (Wildman–Crippen LogP) is 6.01. The molecule has 0 aliphatic heterocycles. The van der Waals surface area contributed by atoms with E-state index >= 15 is 0 Å². The van der Waals surface area contributed by atoms with Crippen LogP contribution in [0.5, 0.6) is 0 Å². The van der Waals surface area contributed by atoms with Crippen LogP contribution in [0.4, 0.5) is 24.8 Å². The number of para-hydroxylation sites is 1. The van der Waals surface area contributed by atoms with Crippen molar-refractivity contribution in [1.29, 1.82) is 0 Å². The molecule has 10 heteroatoms. The Balaban J connectivity index is 2.20. The van der Waals surface area contributed by atoms with Crippen molar-refractivity contribution in [3.8, 4) is 0 Å². The van der Waals surface area contributed by atoms with Gasteiger partial charge in [-0.1, -0.05) is 71.2 Å². The van der Waals surface area contributed by atoms with Crippen LogP contribution in [0.1, 0.15) is 11.3 Å². The van der Waals surface area contributed by atoms with Crippen molar-refractivity contribution in [2.24, 2.45) is 0 Å². The maximum atomic E-state index is 13.3. The van der Waals surface area contributed by atoms with Crippen molar-refractivity contribution in [2.75, 3.05) is 5.32 Å². The highest BCUT2D eigenvalue weighted by Gasteiger charge is 2.38. The van der Waals surface area contributed by atoms with E-state index in [0.717, 1.165) is 4.57 Å². The number of benzene rings is 2. The molecule has 0 aliphatic carbocycles. The first-order valence-corrected chi connectivity index (χ1v) is 8.94. The second kappa shape index (κ2) is 8.03. The van der Waals surface area contributed by atoms with Crippen LogP contribution in [0, 0.1) is 0 Å². The Labute approximate surface area is 172 Å². The summed E-state index contributed by atoms with van der Waals surface area (Å²) in [7, 11) is 0. The maximum absolute atomic E-state index is 13.3. The number of nitrogens with one attached hydrogen (secondary N) is 1.